The van der Waals surface area contributed by atoms with Crippen molar-refractivity contribution < 1.29 is 9.72 Å². The summed E-state index contributed by atoms with van der Waals surface area (Å²) in [5.74, 6) is -0.234. The quantitative estimate of drug-likeness (QED) is 0.362. The highest BCUT2D eigenvalue weighted by Crippen LogP contribution is 2.31. The first-order valence-corrected chi connectivity index (χ1v) is 7.41. The van der Waals surface area contributed by atoms with Crippen LogP contribution in [-0.4, -0.2) is 42.8 Å². The molecule has 2 rings (SSSR count). The molecule has 1 fully saturated rings. The first kappa shape index (κ1) is 16.0. The Hall–Kier alpha value is -2.37. The molecule has 1 aromatic rings. The van der Waals surface area contributed by atoms with Gasteiger partial charge in [-0.15, -0.1) is 0 Å². The van der Waals surface area contributed by atoms with Gasteiger partial charge in [-0.3, -0.25) is 14.9 Å². The molecule has 118 valence electrons. The molecule has 22 heavy (non-hydrogen) atoms. The molecule has 1 aliphatic rings. The molecule has 0 bridgehead atoms. The number of nitro benzene ring substituents is 1. The van der Waals surface area contributed by atoms with Gasteiger partial charge >= 0.3 is 0 Å². The second-order valence-electron chi connectivity index (χ2n) is 5.65. The number of nitro groups is 1. The predicted molar refractivity (Wildman–Crippen MR) is 86.3 cm³/mol. The molecule has 0 spiro atoms. The summed E-state index contributed by atoms with van der Waals surface area (Å²) in [7, 11) is 3.62. The number of ketones is 1. The van der Waals surface area contributed by atoms with Crippen LogP contribution >= 0.6 is 0 Å². The summed E-state index contributed by atoms with van der Waals surface area (Å²) in [6.45, 7) is 1.66. The largest absolute Gasteiger partial charge is 0.383 e. The van der Waals surface area contributed by atoms with E-state index in [1.807, 2.05) is 19.0 Å². The van der Waals surface area contributed by atoms with Gasteiger partial charge < -0.3 is 9.80 Å². The van der Waals surface area contributed by atoms with Crippen molar-refractivity contribution in [2.24, 2.45) is 0 Å². The summed E-state index contributed by atoms with van der Waals surface area (Å²) in [6.07, 6.45) is 6.30. The minimum absolute atomic E-state index is 0.00556. The monoisotopic (exact) mass is 303 g/mol. The van der Waals surface area contributed by atoms with E-state index in [1.54, 1.807) is 23.2 Å². The fraction of sp³-hybridized carbons (Fsp3) is 0.438. The number of rotatable bonds is 5. The lowest BCUT2D eigenvalue weighted by Crippen LogP contribution is -2.30. The number of hydrogen-bond acceptors (Lipinski definition) is 5. The van der Waals surface area contributed by atoms with Gasteiger partial charge in [0.1, 0.15) is 5.69 Å². The average molecular weight is 303 g/mol. The van der Waals surface area contributed by atoms with Crippen molar-refractivity contribution in [2.75, 3.05) is 32.1 Å². The number of allylic oxidation sites excluding steroid dienone is 1. The van der Waals surface area contributed by atoms with Gasteiger partial charge in [0.2, 0.25) is 0 Å². The first-order valence-electron chi connectivity index (χ1n) is 7.41. The van der Waals surface area contributed by atoms with Gasteiger partial charge in [0.15, 0.2) is 5.78 Å². The maximum absolute atomic E-state index is 12.1. The van der Waals surface area contributed by atoms with Gasteiger partial charge in [0.05, 0.1) is 4.92 Å². The van der Waals surface area contributed by atoms with E-state index >= 15 is 0 Å². The molecular weight excluding hydrogens is 282 g/mol. The molecule has 0 atom stereocenters. The van der Waals surface area contributed by atoms with Crippen LogP contribution in [-0.2, 0) is 0 Å². The molecule has 1 saturated heterocycles. The normalized spacial score (nSPS) is 15.1. The van der Waals surface area contributed by atoms with Crippen molar-refractivity contribution >= 4 is 17.2 Å². The molecule has 0 aliphatic carbocycles. The van der Waals surface area contributed by atoms with E-state index in [-0.39, 0.29) is 11.5 Å². The zero-order valence-corrected chi connectivity index (χ0v) is 13.0. The standard InChI is InChI=1S/C16H21N3O3/c1-17(2)11-8-16(20)13-6-7-14(15(12-13)19(21)22)18-9-4-3-5-10-18/h6-8,11-12H,3-5,9-10H2,1-2H3/b11-8+. The summed E-state index contributed by atoms with van der Waals surface area (Å²) in [4.78, 5) is 26.8. The van der Waals surface area contributed by atoms with Crippen LogP contribution in [0.5, 0.6) is 0 Å². The Bertz CT molecular complexity index is 590. The molecule has 0 saturated carbocycles. The van der Waals surface area contributed by atoms with E-state index in [4.69, 9.17) is 0 Å². The van der Waals surface area contributed by atoms with E-state index in [0.29, 0.717) is 11.3 Å². The second-order valence-corrected chi connectivity index (χ2v) is 5.65. The maximum Gasteiger partial charge on any atom is 0.293 e. The first-order chi connectivity index (χ1) is 10.5. The van der Waals surface area contributed by atoms with E-state index in [0.717, 1.165) is 32.4 Å². The minimum atomic E-state index is -0.406. The van der Waals surface area contributed by atoms with Gasteiger partial charge in [0.25, 0.3) is 5.69 Å². The van der Waals surface area contributed by atoms with Crippen molar-refractivity contribution in [3.05, 3.63) is 46.2 Å². The molecular formula is C16H21N3O3. The van der Waals surface area contributed by atoms with Crippen LogP contribution in [0.15, 0.2) is 30.5 Å². The molecule has 0 unspecified atom stereocenters. The number of carbonyl (C=O) groups is 1. The summed E-state index contributed by atoms with van der Waals surface area (Å²) in [6, 6.07) is 4.74. The summed E-state index contributed by atoms with van der Waals surface area (Å²) >= 11 is 0. The van der Waals surface area contributed by atoms with Crippen LogP contribution < -0.4 is 4.90 Å². The molecule has 0 radical (unpaired) electrons. The topological polar surface area (TPSA) is 66.7 Å². The average Bonchev–Trinajstić information content (AvgIpc) is 2.52. The Balaban J connectivity index is 2.30. The number of anilines is 1. The highest BCUT2D eigenvalue weighted by Gasteiger charge is 2.22. The SMILES string of the molecule is CN(C)/C=C/C(=O)c1ccc(N2CCCCC2)c([N+](=O)[O-])c1. The number of benzene rings is 1. The summed E-state index contributed by atoms with van der Waals surface area (Å²) in [5, 5.41) is 11.3. The minimum Gasteiger partial charge on any atom is -0.383 e. The smallest absolute Gasteiger partial charge is 0.293 e. The summed E-state index contributed by atoms with van der Waals surface area (Å²) in [5.41, 5.74) is 0.953. The van der Waals surface area contributed by atoms with E-state index in [9.17, 15) is 14.9 Å². The summed E-state index contributed by atoms with van der Waals surface area (Å²) < 4.78 is 0. The number of hydrogen-bond donors (Lipinski definition) is 0. The Morgan fingerprint density at radius 1 is 1.27 bits per heavy atom. The fourth-order valence-electron chi connectivity index (χ4n) is 2.54. The van der Waals surface area contributed by atoms with Gasteiger partial charge in [-0.1, -0.05) is 0 Å². The Kier molecular flexibility index (Phi) is 5.14. The molecule has 6 heteroatoms. The Morgan fingerprint density at radius 3 is 2.55 bits per heavy atom. The van der Waals surface area contributed by atoms with Crippen molar-refractivity contribution in [3.8, 4) is 0 Å². The lowest BCUT2D eigenvalue weighted by Gasteiger charge is -2.28. The number of piperidine rings is 1. The third kappa shape index (κ3) is 3.84. The molecule has 0 amide bonds. The van der Waals surface area contributed by atoms with Gasteiger partial charge in [-0.25, -0.2) is 0 Å². The van der Waals surface area contributed by atoms with Gasteiger partial charge in [-0.05, 0) is 31.4 Å². The van der Waals surface area contributed by atoms with E-state index in [1.165, 1.54) is 12.1 Å². The van der Waals surface area contributed by atoms with E-state index < -0.39 is 4.92 Å². The molecule has 1 aromatic carbocycles. The third-order valence-electron chi connectivity index (χ3n) is 3.68. The van der Waals surface area contributed by atoms with Crippen LogP contribution in [0.3, 0.4) is 0 Å². The maximum atomic E-state index is 12.1. The van der Waals surface area contributed by atoms with Crippen LogP contribution in [0, 0.1) is 10.1 Å². The highest BCUT2D eigenvalue weighted by molar-refractivity contribution is 6.05. The van der Waals surface area contributed by atoms with Gasteiger partial charge in [-0.2, -0.15) is 0 Å². The van der Waals surface area contributed by atoms with E-state index in [2.05, 4.69) is 0 Å². The van der Waals surface area contributed by atoms with Crippen molar-refractivity contribution in [1.82, 2.24) is 4.90 Å². The van der Waals surface area contributed by atoms with Crippen molar-refractivity contribution in [3.63, 3.8) is 0 Å². The Morgan fingerprint density at radius 2 is 1.95 bits per heavy atom. The zero-order chi connectivity index (χ0) is 16.1. The lowest BCUT2D eigenvalue weighted by atomic mass is 10.1. The molecule has 6 nitrogen and oxygen atoms in total. The molecule has 0 aromatic heterocycles. The fourth-order valence-corrected chi connectivity index (χ4v) is 2.54. The molecule has 0 N–H and O–H groups in total. The number of nitrogens with zero attached hydrogens (tertiary/aromatic N) is 3. The van der Waals surface area contributed by atoms with Crippen LogP contribution in [0.4, 0.5) is 11.4 Å². The zero-order valence-electron chi connectivity index (χ0n) is 13.0. The third-order valence-corrected chi connectivity index (χ3v) is 3.68. The highest BCUT2D eigenvalue weighted by atomic mass is 16.6. The van der Waals surface area contributed by atoms with Crippen LogP contribution in [0.1, 0.15) is 29.6 Å². The van der Waals surface area contributed by atoms with Gasteiger partial charge in [0, 0.05) is 51.1 Å². The Labute approximate surface area is 130 Å². The van der Waals surface area contributed by atoms with Crippen molar-refractivity contribution in [2.45, 2.75) is 19.3 Å². The second kappa shape index (κ2) is 7.06. The number of carbonyl (C=O) groups excluding carboxylic acids is 1. The van der Waals surface area contributed by atoms with Crippen molar-refractivity contribution in [1.29, 1.82) is 0 Å². The molecule has 1 heterocycles. The lowest BCUT2D eigenvalue weighted by molar-refractivity contribution is -0.384. The molecule has 1 aliphatic heterocycles. The predicted octanol–water partition coefficient (Wildman–Crippen LogP) is 2.84. The van der Waals surface area contributed by atoms with Crippen LogP contribution in [0.25, 0.3) is 0 Å². The van der Waals surface area contributed by atoms with Crippen LogP contribution in [0.2, 0.25) is 0 Å².